The molecule has 0 saturated heterocycles. The highest BCUT2D eigenvalue weighted by atomic mass is 16.3. The van der Waals surface area contributed by atoms with E-state index < -0.39 is 0 Å². The monoisotopic (exact) mass is 221 g/mol. The second-order valence-electron chi connectivity index (χ2n) is 4.34. The number of benzene rings is 1. The van der Waals surface area contributed by atoms with Crippen molar-refractivity contribution in [1.82, 2.24) is 0 Å². The molecular formula is C14H23NO. The van der Waals surface area contributed by atoms with Gasteiger partial charge in [0.2, 0.25) is 0 Å². The Morgan fingerprint density at radius 3 is 2.56 bits per heavy atom. The lowest BCUT2D eigenvalue weighted by molar-refractivity contribution is 0.475. The van der Waals surface area contributed by atoms with Gasteiger partial charge in [0.15, 0.2) is 0 Å². The number of aromatic hydroxyl groups is 1. The van der Waals surface area contributed by atoms with Crippen molar-refractivity contribution in [3.63, 3.8) is 0 Å². The van der Waals surface area contributed by atoms with Crippen molar-refractivity contribution in [3.8, 4) is 5.75 Å². The van der Waals surface area contributed by atoms with Crippen LogP contribution in [0.1, 0.15) is 44.6 Å². The van der Waals surface area contributed by atoms with Crippen molar-refractivity contribution in [2.75, 3.05) is 11.9 Å². The van der Waals surface area contributed by atoms with Gasteiger partial charge < -0.3 is 10.4 Å². The van der Waals surface area contributed by atoms with Crippen LogP contribution in [0, 0.1) is 6.92 Å². The molecule has 2 N–H and O–H groups in total. The largest absolute Gasteiger partial charge is 0.508 e. The van der Waals surface area contributed by atoms with E-state index in [2.05, 4.69) is 12.2 Å². The number of aryl methyl sites for hydroxylation is 1. The molecule has 2 heteroatoms. The molecule has 1 rings (SSSR count). The van der Waals surface area contributed by atoms with E-state index in [0.29, 0.717) is 5.75 Å². The molecule has 0 spiro atoms. The predicted octanol–water partition coefficient (Wildman–Crippen LogP) is 4.08. The van der Waals surface area contributed by atoms with Gasteiger partial charge in [-0.1, -0.05) is 32.6 Å². The first-order valence-corrected chi connectivity index (χ1v) is 6.27. The van der Waals surface area contributed by atoms with Gasteiger partial charge in [0.25, 0.3) is 0 Å². The highest BCUT2D eigenvalue weighted by Gasteiger charge is 1.98. The van der Waals surface area contributed by atoms with E-state index in [0.717, 1.165) is 17.8 Å². The highest BCUT2D eigenvalue weighted by Crippen LogP contribution is 2.20. The highest BCUT2D eigenvalue weighted by molar-refractivity contribution is 5.53. The molecule has 1 aromatic rings. The summed E-state index contributed by atoms with van der Waals surface area (Å²) in [5.41, 5.74) is 2.24. The second kappa shape index (κ2) is 7.15. The van der Waals surface area contributed by atoms with Crippen molar-refractivity contribution in [3.05, 3.63) is 23.8 Å². The molecule has 0 atom stereocenters. The Labute approximate surface area is 98.7 Å². The molecule has 0 aromatic heterocycles. The van der Waals surface area contributed by atoms with Gasteiger partial charge >= 0.3 is 0 Å². The molecule has 0 fully saturated rings. The van der Waals surface area contributed by atoms with Crippen molar-refractivity contribution in [2.24, 2.45) is 0 Å². The standard InChI is InChI=1S/C14H23NO/c1-3-4-5-6-7-10-15-14-9-8-13(16)11-12(14)2/h8-9,11,15-16H,3-7,10H2,1-2H3. The second-order valence-corrected chi connectivity index (χ2v) is 4.34. The fourth-order valence-corrected chi connectivity index (χ4v) is 1.80. The van der Waals surface area contributed by atoms with E-state index >= 15 is 0 Å². The van der Waals surface area contributed by atoms with E-state index in [1.807, 2.05) is 13.0 Å². The maximum Gasteiger partial charge on any atom is 0.115 e. The van der Waals surface area contributed by atoms with Crippen LogP contribution in [-0.2, 0) is 0 Å². The quantitative estimate of drug-likeness (QED) is 0.537. The topological polar surface area (TPSA) is 32.3 Å². The summed E-state index contributed by atoms with van der Waals surface area (Å²) >= 11 is 0. The maximum absolute atomic E-state index is 9.28. The van der Waals surface area contributed by atoms with Crippen LogP contribution in [0.4, 0.5) is 5.69 Å². The number of unbranched alkanes of at least 4 members (excludes halogenated alkanes) is 4. The van der Waals surface area contributed by atoms with Gasteiger partial charge in [-0.25, -0.2) is 0 Å². The van der Waals surface area contributed by atoms with Crippen molar-refractivity contribution in [1.29, 1.82) is 0 Å². The lowest BCUT2D eigenvalue weighted by atomic mass is 10.1. The molecule has 0 heterocycles. The molecule has 0 saturated carbocycles. The van der Waals surface area contributed by atoms with E-state index in [1.54, 1.807) is 12.1 Å². The van der Waals surface area contributed by atoms with Crippen LogP contribution < -0.4 is 5.32 Å². The number of phenols is 1. The molecule has 0 aliphatic rings. The van der Waals surface area contributed by atoms with Crippen LogP contribution in [0.15, 0.2) is 18.2 Å². The van der Waals surface area contributed by atoms with Crippen LogP contribution >= 0.6 is 0 Å². The minimum Gasteiger partial charge on any atom is -0.508 e. The lowest BCUT2D eigenvalue weighted by Gasteiger charge is -2.09. The third kappa shape index (κ3) is 4.56. The fourth-order valence-electron chi connectivity index (χ4n) is 1.80. The minimum absolute atomic E-state index is 0.339. The van der Waals surface area contributed by atoms with Crippen LogP contribution in [0.5, 0.6) is 5.75 Å². The molecule has 1 aromatic carbocycles. The zero-order valence-corrected chi connectivity index (χ0v) is 10.4. The summed E-state index contributed by atoms with van der Waals surface area (Å²) in [7, 11) is 0. The predicted molar refractivity (Wildman–Crippen MR) is 70.1 cm³/mol. The van der Waals surface area contributed by atoms with E-state index in [1.165, 1.54) is 32.1 Å². The third-order valence-electron chi connectivity index (χ3n) is 2.81. The Bertz CT molecular complexity index is 310. The van der Waals surface area contributed by atoms with Gasteiger partial charge in [0.1, 0.15) is 5.75 Å². The molecular weight excluding hydrogens is 198 g/mol. The average molecular weight is 221 g/mol. The Balaban J connectivity index is 2.21. The lowest BCUT2D eigenvalue weighted by Crippen LogP contribution is -2.02. The average Bonchev–Trinajstić information content (AvgIpc) is 2.26. The zero-order chi connectivity index (χ0) is 11.8. The Morgan fingerprint density at radius 1 is 1.12 bits per heavy atom. The molecule has 90 valence electrons. The zero-order valence-electron chi connectivity index (χ0n) is 10.4. The number of rotatable bonds is 7. The number of hydrogen-bond donors (Lipinski definition) is 2. The summed E-state index contributed by atoms with van der Waals surface area (Å²) in [6, 6.07) is 5.46. The third-order valence-corrected chi connectivity index (χ3v) is 2.81. The van der Waals surface area contributed by atoms with Gasteiger partial charge in [0, 0.05) is 12.2 Å². The van der Waals surface area contributed by atoms with Crippen molar-refractivity contribution < 1.29 is 5.11 Å². The first kappa shape index (κ1) is 12.9. The summed E-state index contributed by atoms with van der Waals surface area (Å²) in [5, 5.41) is 12.7. The van der Waals surface area contributed by atoms with Crippen molar-refractivity contribution >= 4 is 5.69 Å². The molecule has 0 aliphatic heterocycles. The van der Waals surface area contributed by atoms with Gasteiger partial charge in [-0.3, -0.25) is 0 Å². The SMILES string of the molecule is CCCCCCCNc1ccc(O)cc1C. The fraction of sp³-hybridized carbons (Fsp3) is 0.571. The molecule has 0 unspecified atom stereocenters. The number of hydrogen-bond acceptors (Lipinski definition) is 2. The van der Waals surface area contributed by atoms with Crippen LogP contribution in [0.25, 0.3) is 0 Å². The molecule has 0 bridgehead atoms. The van der Waals surface area contributed by atoms with Crippen molar-refractivity contribution in [2.45, 2.75) is 46.0 Å². The summed E-state index contributed by atoms with van der Waals surface area (Å²) in [6.07, 6.45) is 6.51. The van der Waals surface area contributed by atoms with Crippen LogP contribution in [-0.4, -0.2) is 11.7 Å². The van der Waals surface area contributed by atoms with Crippen LogP contribution in [0.2, 0.25) is 0 Å². The molecule has 0 radical (unpaired) electrons. The minimum atomic E-state index is 0.339. The maximum atomic E-state index is 9.28. The number of phenolic OH excluding ortho intramolecular Hbond substituents is 1. The van der Waals surface area contributed by atoms with Gasteiger partial charge in [-0.15, -0.1) is 0 Å². The van der Waals surface area contributed by atoms with E-state index in [9.17, 15) is 5.11 Å². The number of anilines is 1. The van der Waals surface area contributed by atoms with Crippen LogP contribution in [0.3, 0.4) is 0 Å². The Morgan fingerprint density at radius 2 is 1.88 bits per heavy atom. The molecule has 0 aliphatic carbocycles. The van der Waals surface area contributed by atoms with E-state index in [4.69, 9.17) is 0 Å². The smallest absolute Gasteiger partial charge is 0.115 e. The number of nitrogens with one attached hydrogen (secondary N) is 1. The Kier molecular flexibility index (Phi) is 5.76. The summed E-state index contributed by atoms with van der Waals surface area (Å²) < 4.78 is 0. The molecule has 16 heavy (non-hydrogen) atoms. The van der Waals surface area contributed by atoms with Gasteiger partial charge in [-0.2, -0.15) is 0 Å². The summed E-state index contributed by atoms with van der Waals surface area (Å²) in [5.74, 6) is 0.339. The normalized spacial score (nSPS) is 10.4. The first-order valence-electron chi connectivity index (χ1n) is 6.27. The molecule has 0 amide bonds. The molecule has 2 nitrogen and oxygen atoms in total. The first-order chi connectivity index (χ1) is 7.74. The van der Waals surface area contributed by atoms with Gasteiger partial charge in [-0.05, 0) is 37.1 Å². The Hall–Kier alpha value is -1.18. The van der Waals surface area contributed by atoms with E-state index in [-0.39, 0.29) is 0 Å². The summed E-state index contributed by atoms with van der Waals surface area (Å²) in [6.45, 7) is 5.27. The van der Waals surface area contributed by atoms with Gasteiger partial charge in [0.05, 0.1) is 0 Å². The summed E-state index contributed by atoms with van der Waals surface area (Å²) in [4.78, 5) is 0.